The highest BCUT2D eigenvalue weighted by molar-refractivity contribution is 7.80. The Balaban J connectivity index is 4.13. The zero-order valence-corrected chi connectivity index (χ0v) is 71.5. The van der Waals surface area contributed by atoms with Crippen molar-refractivity contribution in [2.24, 2.45) is 57.5 Å². The van der Waals surface area contributed by atoms with Crippen LogP contribution in [0.1, 0.15) is 139 Å². The average Bonchev–Trinajstić information content (AvgIpc) is 0.857. The molecule has 0 aromatic heterocycles. The number of ketones is 1. The molecule has 0 aliphatic carbocycles. The lowest BCUT2D eigenvalue weighted by Gasteiger charge is -2.29. The van der Waals surface area contributed by atoms with Crippen molar-refractivity contribution in [3.8, 4) is 0 Å². The minimum absolute atomic E-state index is 0.00481. The van der Waals surface area contributed by atoms with Crippen molar-refractivity contribution in [1.29, 1.82) is 43.3 Å². The van der Waals surface area contributed by atoms with Crippen LogP contribution in [0.5, 0.6) is 0 Å². The Kier molecular flexibility index (Phi) is 54.0. The fraction of sp³-hybridized carbons (Fsp3) is 0.611. The highest BCUT2D eigenvalue weighted by Gasteiger charge is 2.37. The SMILES string of the molecule is CC(=O)c1ccc(C[C@H](NC(=O)COCCNC(=O)CNC(=O)C(C)C)C(=O)N[C@H](CCCNC(=N)N)C(=O)N[C@H](CCCNC(=N)N)C(=O)N[C@H](CCCNC(=N)N)C(=O)N[C@H](CCCNC(=N)N)C(=O)N[C@H](CCCNC(=N)N)C(=O)N[C@H](CCCNC(=N)N)C(=O)N[C@H](CCCNC(=N)N)C(=O)N[C@H](CCCNC(=N)N)C(=O)N[C@H](CS)C(N)=O)cc1. The van der Waals surface area contributed by atoms with Gasteiger partial charge in [0.05, 0.1) is 13.2 Å². The minimum atomic E-state index is -1.66. The number of hydrogen-bond donors (Lipinski definition) is 38. The second-order valence-electron chi connectivity index (χ2n) is 28.8. The number of hydrogen-bond acceptors (Lipinski definition) is 24. The van der Waals surface area contributed by atoms with Gasteiger partial charge in [-0.05, 0) is 115 Å². The molecule has 0 saturated carbocycles. The molecule has 1 rings (SSSR count). The summed E-state index contributed by atoms with van der Waals surface area (Å²) in [6, 6.07) is -9.41. The summed E-state index contributed by atoms with van der Waals surface area (Å²) < 4.78 is 5.48. The van der Waals surface area contributed by atoms with Gasteiger partial charge in [0.25, 0.3) is 0 Å². The van der Waals surface area contributed by atoms with Gasteiger partial charge in [-0.1, -0.05) is 38.1 Å². The Morgan fingerprint density at radius 3 is 0.768 bits per heavy atom. The van der Waals surface area contributed by atoms with Crippen molar-refractivity contribution in [2.45, 2.75) is 190 Å². The van der Waals surface area contributed by atoms with E-state index in [9.17, 15) is 52.7 Å². The summed E-state index contributed by atoms with van der Waals surface area (Å²) in [6.45, 7) is 3.13. The van der Waals surface area contributed by atoms with E-state index in [0.717, 1.165) is 0 Å². The number of thiol groups is 1. The minimum Gasteiger partial charge on any atom is -0.370 e. The monoisotopic (exact) mass is 1790 g/mol. The number of nitrogens with one attached hydrogen (secondary N) is 28. The first-order valence-corrected chi connectivity index (χ1v) is 40.9. The van der Waals surface area contributed by atoms with Gasteiger partial charge in [0.1, 0.15) is 67.0 Å². The Labute approximate surface area is 729 Å². The zero-order valence-electron chi connectivity index (χ0n) is 70.6. The van der Waals surface area contributed by atoms with Gasteiger partial charge in [0, 0.05) is 82.6 Å². The van der Waals surface area contributed by atoms with Gasteiger partial charge in [-0.2, -0.15) is 12.6 Å². The van der Waals surface area contributed by atoms with E-state index >= 15 is 14.4 Å². The summed E-state index contributed by atoms with van der Waals surface area (Å²) in [6.07, 6.45) is -2.16. The third kappa shape index (κ3) is 51.1. The number of guanidine groups is 8. The maximum absolute atomic E-state index is 15.1. The molecule has 125 heavy (non-hydrogen) atoms. The maximum atomic E-state index is 15.1. The highest BCUT2D eigenvalue weighted by Crippen LogP contribution is 2.14. The molecule has 700 valence electrons. The van der Waals surface area contributed by atoms with Crippen molar-refractivity contribution in [3.63, 3.8) is 0 Å². The molecule has 52 nitrogen and oxygen atoms in total. The maximum Gasteiger partial charge on any atom is 0.246 e. The van der Waals surface area contributed by atoms with Crippen LogP contribution in [-0.4, -0.2) is 275 Å². The molecule has 1 aromatic carbocycles. The van der Waals surface area contributed by atoms with Crippen LogP contribution in [0.4, 0.5) is 0 Å². The lowest BCUT2D eigenvalue weighted by Crippen LogP contribution is -2.61. The van der Waals surface area contributed by atoms with Crippen molar-refractivity contribution in [1.82, 2.24) is 106 Å². The van der Waals surface area contributed by atoms with Crippen molar-refractivity contribution < 1.29 is 71.9 Å². The molecule has 0 aliphatic heterocycles. The summed E-state index contributed by atoms with van der Waals surface area (Å²) in [5.74, 6) is -16.1. The molecule has 0 aliphatic rings. The van der Waals surface area contributed by atoms with E-state index in [1.54, 1.807) is 26.0 Å². The first-order chi connectivity index (χ1) is 59.0. The molecule has 0 heterocycles. The lowest BCUT2D eigenvalue weighted by molar-refractivity contribution is -0.136. The number of nitrogens with two attached hydrogens (primary N) is 9. The normalized spacial score (nSPS) is 13.1. The molecule has 0 bridgehead atoms. The van der Waals surface area contributed by atoms with Gasteiger partial charge in [-0.3, -0.25) is 110 Å². The summed E-state index contributed by atoms with van der Waals surface area (Å²) >= 11 is 4.09. The zero-order chi connectivity index (χ0) is 94.1. The molecule has 13 amide bonds. The number of amides is 13. The molecule has 0 saturated heterocycles. The number of carbonyl (C=O) groups excluding carboxylic acids is 14. The van der Waals surface area contributed by atoms with E-state index in [0.29, 0.717) is 11.1 Å². The molecule has 1 aromatic rings. The van der Waals surface area contributed by atoms with Crippen LogP contribution in [0, 0.1) is 49.2 Å². The Morgan fingerprint density at radius 1 is 0.312 bits per heavy atom. The van der Waals surface area contributed by atoms with Crippen LogP contribution in [0.15, 0.2) is 24.3 Å². The molecular formula is C72H131N37O15S. The van der Waals surface area contributed by atoms with Crippen molar-refractivity contribution in [2.75, 3.05) is 84.4 Å². The number of Topliss-reactive ketones (excluding diaryl/α,β-unsaturated/α-hetero) is 1. The van der Waals surface area contributed by atoms with Crippen LogP contribution < -0.4 is 158 Å². The van der Waals surface area contributed by atoms with Gasteiger partial charge in [0.15, 0.2) is 53.5 Å². The third-order valence-corrected chi connectivity index (χ3v) is 18.4. The largest absolute Gasteiger partial charge is 0.370 e. The summed E-state index contributed by atoms with van der Waals surface area (Å²) in [7, 11) is 0. The van der Waals surface area contributed by atoms with Crippen LogP contribution in [0.2, 0.25) is 0 Å². The predicted octanol–water partition coefficient (Wildman–Crippen LogP) is -11.3. The van der Waals surface area contributed by atoms with E-state index in [4.69, 9.17) is 99.6 Å². The van der Waals surface area contributed by atoms with E-state index in [-0.39, 0.29) is 205 Å². The number of benzene rings is 1. The predicted molar refractivity (Wildman–Crippen MR) is 467 cm³/mol. The second-order valence-corrected chi connectivity index (χ2v) is 29.2. The first kappa shape index (κ1) is 109. The third-order valence-electron chi connectivity index (χ3n) is 18.0. The molecule has 0 radical (unpaired) electrons. The summed E-state index contributed by atoms with van der Waals surface area (Å²) in [5.41, 5.74) is 50.7. The molecule has 46 N–H and O–H groups in total. The summed E-state index contributed by atoms with van der Waals surface area (Å²) in [4.78, 5) is 195. The van der Waals surface area contributed by atoms with Gasteiger partial charge in [-0.15, -0.1) is 0 Å². The number of carbonyl (C=O) groups is 14. The molecule has 10 atom stereocenters. The van der Waals surface area contributed by atoms with Crippen LogP contribution in [-0.2, 0) is 73.5 Å². The Bertz CT molecular complexity index is 3810. The second kappa shape index (κ2) is 61.7. The molecule has 0 fully saturated rings. The van der Waals surface area contributed by atoms with Crippen molar-refractivity contribution >= 4 is 143 Å². The van der Waals surface area contributed by atoms with Gasteiger partial charge < -0.3 is 163 Å². The molecule has 0 unspecified atom stereocenters. The lowest BCUT2D eigenvalue weighted by atomic mass is 10.0. The smallest absolute Gasteiger partial charge is 0.246 e. The molecular weight excluding hydrogens is 1660 g/mol. The van der Waals surface area contributed by atoms with E-state index < -0.39 is 186 Å². The van der Waals surface area contributed by atoms with Gasteiger partial charge in [0.2, 0.25) is 76.8 Å². The topological polar surface area (TPSA) is 914 Å². The Hall–Kier alpha value is -13.5. The standard InChI is InChI=1S/C72H131N37O15S/c1-38(2)55(114)99-35-52(111)90-32-33-124-36-53(112)100-50(34-40-20-22-41(23-21-40)39(3)110)64(123)108-48(18-10-30-97-71(86)87)62(121)106-46(16-8-28-95-69(82)83)60(119)104-44(14-6-26-93-67(78)79)58(117)102-42(12-4-24-91-65(74)75)56(115)101-43(13-5-25-92-66(76)77)57(116)103-45(15-7-27-94-68(80)81)59(118)105-47(17-9-29-96-70(84)85)61(120)107-49(19-11-31-98-72(88)89)63(122)109-51(37-125)54(73)113/h20-23,38,42-51,125H,4-19,24-37H2,1-3H3,(H2,73,113)(H,90,111)(H,99,114)(H,100,112)(H,101,115)(H,102,117)(H,103,116)(H,104,119)(H,105,118)(H,106,121)(H,107,120)(H,108,123)(H,109,122)(H4,74,75,91)(H4,76,77,92)(H4,78,79,93)(H4,80,81,94)(H4,82,83,95)(H4,84,85,96)(H4,86,87,97)(H4,88,89,98)/t42-,43-,44-,45-,46-,47-,48-,49-,50+,51-/m1/s1. The Morgan fingerprint density at radius 2 is 0.552 bits per heavy atom. The van der Waals surface area contributed by atoms with Gasteiger partial charge >= 0.3 is 0 Å². The van der Waals surface area contributed by atoms with E-state index in [2.05, 4.69) is 119 Å². The van der Waals surface area contributed by atoms with Crippen LogP contribution >= 0.6 is 12.6 Å². The van der Waals surface area contributed by atoms with Crippen molar-refractivity contribution in [3.05, 3.63) is 35.4 Å². The number of ether oxygens (including phenoxy) is 1. The fourth-order valence-corrected chi connectivity index (χ4v) is 11.7. The summed E-state index contributed by atoms with van der Waals surface area (Å²) in [5, 5.41) is 114. The quantitative estimate of drug-likeness (QED) is 0.00947. The van der Waals surface area contributed by atoms with Gasteiger partial charge in [-0.25, -0.2) is 0 Å². The average molecular weight is 1790 g/mol. The first-order valence-electron chi connectivity index (χ1n) is 40.3. The highest BCUT2D eigenvalue weighted by atomic mass is 32.1. The molecule has 53 heteroatoms. The molecule has 0 spiro atoms. The van der Waals surface area contributed by atoms with Crippen LogP contribution in [0.3, 0.4) is 0 Å². The number of rotatable bonds is 64. The van der Waals surface area contributed by atoms with E-state index in [1.807, 2.05) is 0 Å². The van der Waals surface area contributed by atoms with Crippen LogP contribution in [0.25, 0.3) is 0 Å². The van der Waals surface area contributed by atoms with E-state index in [1.165, 1.54) is 19.1 Å². The number of primary amides is 1. The fourth-order valence-electron chi connectivity index (χ4n) is 11.5.